The second-order valence-electron chi connectivity index (χ2n) is 3.97. The average molecular weight is 267 g/mol. The standard InChI is InChI=1S/C14H12F3NO/c15-12-6-11(7-13(16)14(12)17)8-18-19-9-10-4-2-1-3-5-10/h1-7,18H,8-9H2. The van der Waals surface area contributed by atoms with E-state index in [1.807, 2.05) is 30.3 Å². The molecule has 0 bridgehead atoms. The third-order valence-electron chi connectivity index (χ3n) is 2.50. The third-order valence-corrected chi connectivity index (χ3v) is 2.50. The van der Waals surface area contributed by atoms with E-state index in [1.54, 1.807) is 0 Å². The number of halogens is 3. The lowest BCUT2D eigenvalue weighted by atomic mass is 10.2. The van der Waals surface area contributed by atoms with Crippen LogP contribution < -0.4 is 5.48 Å². The van der Waals surface area contributed by atoms with Gasteiger partial charge in [-0.25, -0.2) is 13.2 Å². The van der Waals surface area contributed by atoms with Gasteiger partial charge in [0.1, 0.15) is 0 Å². The van der Waals surface area contributed by atoms with Crippen molar-refractivity contribution in [2.75, 3.05) is 0 Å². The van der Waals surface area contributed by atoms with Gasteiger partial charge in [0.05, 0.1) is 6.61 Å². The first-order chi connectivity index (χ1) is 9.16. The van der Waals surface area contributed by atoms with Crippen LogP contribution in [0, 0.1) is 17.5 Å². The highest BCUT2D eigenvalue weighted by molar-refractivity contribution is 5.19. The fourth-order valence-electron chi connectivity index (χ4n) is 1.55. The molecule has 0 aliphatic heterocycles. The van der Waals surface area contributed by atoms with E-state index in [0.29, 0.717) is 6.61 Å². The van der Waals surface area contributed by atoms with Crippen LogP contribution in [0.25, 0.3) is 0 Å². The van der Waals surface area contributed by atoms with E-state index in [2.05, 4.69) is 5.48 Å². The van der Waals surface area contributed by atoms with Crippen LogP contribution in [0.1, 0.15) is 11.1 Å². The smallest absolute Gasteiger partial charge is 0.194 e. The SMILES string of the molecule is Fc1cc(CNOCc2ccccc2)cc(F)c1F. The van der Waals surface area contributed by atoms with E-state index in [4.69, 9.17) is 4.84 Å². The highest BCUT2D eigenvalue weighted by atomic mass is 19.2. The maximum Gasteiger partial charge on any atom is 0.194 e. The highest BCUT2D eigenvalue weighted by Crippen LogP contribution is 2.13. The summed E-state index contributed by atoms with van der Waals surface area (Å²) in [5.41, 5.74) is 3.80. The predicted molar refractivity (Wildman–Crippen MR) is 64.4 cm³/mol. The van der Waals surface area contributed by atoms with E-state index in [1.165, 1.54) is 0 Å². The molecule has 2 aromatic carbocycles. The molecular weight excluding hydrogens is 255 g/mol. The van der Waals surface area contributed by atoms with Gasteiger partial charge in [-0.15, -0.1) is 0 Å². The molecule has 0 unspecified atom stereocenters. The second-order valence-corrected chi connectivity index (χ2v) is 3.97. The van der Waals surface area contributed by atoms with Crippen LogP contribution in [0.15, 0.2) is 42.5 Å². The highest BCUT2D eigenvalue weighted by Gasteiger charge is 2.10. The molecule has 0 saturated carbocycles. The minimum atomic E-state index is -1.46. The zero-order valence-corrected chi connectivity index (χ0v) is 10.00. The van der Waals surface area contributed by atoms with Gasteiger partial charge in [-0.2, -0.15) is 5.48 Å². The molecule has 0 fully saturated rings. The molecule has 2 aromatic rings. The molecule has 0 amide bonds. The summed E-state index contributed by atoms with van der Waals surface area (Å²) in [6, 6.07) is 11.3. The largest absolute Gasteiger partial charge is 0.297 e. The lowest BCUT2D eigenvalue weighted by Gasteiger charge is -2.07. The van der Waals surface area contributed by atoms with E-state index < -0.39 is 17.5 Å². The van der Waals surface area contributed by atoms with Gasteiger partial charge >= 0.3 is 0 Å². The molecule has 2 nitrogen and oxygen atoms in total. The number of hydrogen-bond donors (Lipinski definition) is 1. The minimum absolute atomic E-state index is 0.0843. The summed E-state index contributed by atoms with van der Waals surface area (Å²) in [5, 5.41) is 0. The van der Waals surface area contributed by atoms with Crippen molar-refractivity contribution in [2.24, 2.45) is 0 Å². The zero-order chi connectivity index (χ0) is 13.7. The number of benzene rings is 2. The normalized spacial score (nSPS) is 10.7. The number of hydrogen-bond acceptors (Lipinski definition) is 2. The maximum atomic E-state index is 12.9. The monoisotopic (exact) mass is 267 g/mol. The van der Waals surface area contributed by atoms with Gasteiger partial charge in [-0.05, 0) is 23.3 Å². The first kappa shape index (κ1) is 13.6. The Morgan fingerprint density at radius 1 is 0.895 bits per heavy atom. The van der Waals surface area contributed by atoms with Crippen molar-refractivity contribution in [3.8, 4) is 0 Å². The van der Waals surface area contributed by atoms with Crippen LogP contribution in [0.4, 0.5) is 13.2 Å². The quantitative estimate of drug-likeness (QED) is 0.509. The molecule has 1 N–H and O–H groups in total. The number of rotatable bonds is 5. The first-order valence-electron chi connectivity index (χ1n) is 5.69. The Morgan fingerprint density at radius 2 is 1.53 bits per heavy atom. The van der Waals surface area contributed by atoms with Crippen molar-refractivity contribution < 1.29 is 18.0 Å². The molecule has 0 heterocycles. The summed E-state index contributed by atoms with van der Waals surface area (Å²) in [4.78, 5) is 5.14. The molecule has 2 rings (SSSR count). The van der Waals surface area contributed by atoms with Crippen molar-refractivity contribution >= 4 is 0 Å². The van der Waals surface area contributed by atoms with Gasteiger partial charge in [0.25, 0.3) is 0 Å². The first-order valence-corrected chi connectivity index (χ1v) is 5.69. The molecule has 0 aliphatic carbocycles. The molecule has 0 radical (unpaired) electrons. The summed E-state index contributed by atoms with van der Waals surface area (Å²) in [6.45, 7) is 0.411. The molecular formula is C14H12F3NO. The van der Waals surface area contributed by atoms with Gasteiger partial charge < -0.3 is 0 Å². The van der Waals surface area contributed by atoms with Gasteiger partial charge in [-0.3, -0.25) is 4.84 Å². The summed E-state index contributed by atoms with van der Waals surface area (Å²) in [7, 11) is 0. The van der Waals surface area contributed by atoms with Gasteiger partial charge in [-0.1, -0.05) is 30.3 Å². The second kappa shape index (κ2) is 6.36. The summed E-state index contributed by atoms with van der Waals surface area (Å²) < 4.78 is 38.6. The molecule has 0 atom stereocenters. The van der Waals surface area contributed by atoms with E-state index in [-0.39, 0.29) is 12.1 Å². The Morgan fingerprint density at radius 3 is 2.16 bits per heavy atom. The average Bonchev–Trinajstić information content (AvgIpc) is 2.42. The Hall–Kier alpha value is -1.85. The van der Waals surface area contributed by atoms with E-state index >= 15 is 0 Å². The van der Waals surface area contributed by atoms with Gasteiger partial charge in [0, 0.05) is 6.54 Å². The van der Waals surface area contributed by atoms with Crippen molar-refractivity contribution in [3.05, 3.63) is 71.0 Å². The fourth-order valence-corrected chi connectivity index (χ4v) is 1.55. The van der Waals surface area contributed by atoms with Crippen LogP contribution in [0.3, 0.4) is 0 Å². The van der Waals surface area contributed by atoms with Crippen LogP contribution in [-0.4, -0.2) is 0 Å². The summed E-state index contributed by atoms with van der Waals surface area (Å²) in [6.07, 6.45) is 0. The topological polar surface area (TPSA) is 21.3 Å². The molecule has 0 aromatic heterocycles. The van der Waals surface area contributed by atoms with Crippen molar-refractivity contribution in [1.82, 2.24) is 5.48 Å². The van der Waals surface area contributed by atoms with Crippen molar-refractivity contribution in [1.29, 1.82) is 0 Å². The lowest BCUT2D eigenvalue weighted by Crippen LogP contribution is -2.14. The van der Waals surface area contributed by atoms with E-state index in [0.717, 1.165) is 17.7 Å². The molecule has 0 spiro atoms. The van der Waals surface area contributed by atoms with Gasteiger partial charge in [0.2, 0.25) is 0 Å². The zero-order valence-electron chi connectivity index (χ0n) is 10.00. The summed E-state index contributed by atoms with van der Waals surface area (Å²) >= 11 is 0. The molecule has 0 saturated heterocycles. The maximum absolute atomic E-state index is 12.9. The Labute approximate surface area is 108 Å². The Bertz CT molecular complexity index is 523. The van der Waals surface area contributed by atoms with Crippen LogP contribution >= 0.6 is 0 Å². The fraction of sp³-hybridized carbons (Fsp3) is 0.143. The number of hydroxylamine groups is 1. The Balaban J connectivity index is 1.83. The van der Waals surface area contributed by atoms with Crippen LogP contribution in [0.2, 0.25) is 0 Å². The lowest BCUT2D eigenvalue weighted by molar-refractivity contribution is 0.0234. The molecule has 0 aliphatic rings. The molecule has 5 heteroatoms. The van der Waals surface area contributed by atoms with Crippen LogP contribution in [0.5, 0.6) is 0 Å². The number of nitrogens with one attached hydrogen (secondary N) is 1. The minimum Gasteiger partial charge on any atom is -0.297 e. The van der Waals surface area contributed by atoms with Gasteiger partial charge in [0.15, 0.2) is 17.5 Å². The molecule has 19 heavy (non-hydrogen) atoms. The van der Waals surface area contributed by atoms with E-state index in [9.17, 15) is 13.2 Å². The predicted octanol–water partition coefficient (Wildman–Crippen LogP) is 3.33. The van der Waals surface area contributed by atoms with Crippen molar-refractivity contribution in [3.63, 3.8) is 0 Å². The summed E-state index contributed by atoms with van der Waals surface area (Å²) in [5.74, 6) is -3.88. The van der Waals surface area contributed by atoms with Crippen molar-refractivity contribution in [2.45, 2.75) is 13.2 Å². The Kier molecular flexibility index (Phi) is 4.54. The van der Waals surface area contributed by atoms with Crippen LogP contribution in [-0.2, 0) is 18.0 Å². The molecule has 100 valence electrons. The third kappa shape index (κ3) is 3.81.